The van der Waals surface area contributed by atoms with Crippen molar-refractivity contribution in [2.75, 3.05) is 47.5 Å². The van der Waals surface area contributed by atoms with Crippen molar-refractivity contribution in [2.45, 2.75) is 161 Å². The van der Waals surface area contributed by atoms with Crippen LogP contribution in [0.5, 0.6) is 0 Å². The standard InChI is InChI=1S/C44H78NO8P/c1-6-8-10-12-14-16-18-19-20-21-22-23-24-25-27-28-30-32-34-36-43(46)50-40-42(41-52-54(48,49)51-39-38-45(3,4)5)53-44(47)37-35-33-31-29-26-17-15-13-11-9-7-2/h8,10,14,16,19-20,22-23,25,27,42H,6-7,9,11-13,15,17-18,21,24,26,28-41H2,1-5H3/b10-8-,16-14-,20-19-,23-22-,27-25-/t42-/m1/s1. The van der Waals surface area contributed by atoms with Crippen LogP contribution in [0.4, 0.5) is 0 Å². The molecule has 0 saturated heterocycles. The first-order valence-electron chi connectivity index (χ1n) is 21.0. The van der Waals surface area contributed by atoms with E-state index in [0.717, 1.165) is 70.6 Å². The van der Waals surface area contributed by atoms with Crippen LogP contribution >= 0.6 is 7.82 Å². The molecule has 1 unspecified atom stereocenters. The van der Waals surface area contributed by atoms with Gasteiger partial charge in [0.15, 0.2) is 6.10 Å². The van der Waals surface area contributed by atoms with Gasteiger partial charge < -0.3 is 27.9 Å². The largest absolute Gasteiger partial charge is 0.756 e. The number of quaternary nitrogens is 1. The van der Waals surface area contributed by atoms with Gasteiger partial charge in [-0.15, -0.1) is 0 Å². The molecule has 0 heterocycles. The lowest BCUT2D eigenvalue weighted by Crippen LogP contribution is -2.37. The van der Waals surface area contributed by atoms with E-state index in [9.17, 15) is 19.0 Å². The molecule has 0 bridgehead atoms. The van der Waals surface area contributed by atoms with Crippen LogP contribution in [-0.2, 0) is 32.7 Å². The summed E-state index contributed by atoms with van der Waals surface area (Å²) >= 11 is 0. The Hall–Kier alpha value is -2.29. The molecule has 9 nitrogen and oxygen atoms in total. The zero-order valence-electron chi connectivity index (χ0n) is 34.9. The van der Waals surface area contributed by atoms with Gasteiger partial charge in [0.1, 0.15) is 19.8 Å². The number of ether oxygens (including phenoxy) is 2. The summed E-state index contributed by atoms with van der Waals surface area (Å²) in [7, 11) is 1.14. The van der Waals surface area contributed by atoms with Gasteiger partial charge in [0.2, 0.25) is 0 Å². The Morgan fingerprint density at radius 2 is 1.06 bits per heavy atom. The van der Waals surface area contributed by atoms with Crippen molar-refractivity contribution in [1.82, 2.24) is 0 Å². The van der Waals surface area contributed by atoms with Gasteiger partial charge in [0.05, 0.1) is 27.7 Å². The lowest BCUT2D eigenvalue weighted by Gasteiger charge is -2.28. The molecule has 0 aliphatic carbocycles. The highest BCUT2D eigenvalue weighted by Gasteiger charge is 2.21. The number of hydrogen-bond donors (Lipinski definition) is 0. The van der Waals surface area contributed by atoms with Crippen molar-refractivity contribution in [3.8, 4) is 0 Å². The lowest BCUT2D eigenvalue weighted by atomic mass is 10.1. The first kappa shape index (κ1) is 51.7. The predicted molar refractivity (Wildman–Crippen MR) is 222 cm³/mol. The van der Waals surface area contributed by atoms with Gasteiger partial charge in [-0.2, -0.15) is 0 Å². The highest BCUT2D eigenvalue weighted by Crippen LogP contribution is 2.38. The number of unbranched alkanes of at least 4 members (excludes halogenated alkanes) is 13. The molecule has 312 valence electrons. The zero-order chi connectivity index (χ0) is 40.0. The number of likely N-dealkylation sites (N-methyl/N-ethyl adjacent to an activating group) is 1. The molecule has 0 aromatic carbocycles. The molecule has 0 fully saturated rings. The number of carbonyl (C=O) groups is 2. The van der Waals surface area contributed by atoms with Crippen molar-refractivity contribution >= 4 is 19.8 Å². The number of phosphoric ester groups is 1. The smallest absolute Gasteiger partial charge is 0.306 e. The second kappa shape index (κ2) is 36.4. The number of hydrogen-bond acceptors (Lipinski definition) is 8. The molecule has 0 radical (unpaired) electrons. The molecule has 0 spiro atoms. The Morgan fingerprint density at radius 3 is 1.57 bits per heavy atom. The Kier molecular flexibility index (Phi) is 34.8. The minimum Gasteiger partial charge on any atom is -0.756 e. The van der Waals surface area contributed by atoms with Crippen LogP contribution in [0, 0.1) is 0 Å². The van der Waals surface area contributed by atoms with Gasteiger partial charge >= 0.3 is 11.9 Å². The second-order valence-corrected chi connectivity index (χ2v) is 16.4. The van der Waals surface area contributed by atoms with Gasteiger partial charge in [-0.3, -0.25) is 14.2 Å². The molecule has 0 N–H and O–H groups in total. The van der Waals surface area contributed by atoms with Crippen LogP contribution in [0.1, 0.15) is 155 Å². The average Bonchev–Trinajstić information content (AvgIpc) is 3.12. The Labute approximate surface area is 330 Å². The van der Waals surface area contributed by atoms with Crippen molar-refractivity contribution in [1.29, 1.82) is 0 Å². The van der Waals surface area contributed by atoms with Gasteiger partial charge in [-0.05, 0) is 57.8 Å². The fraction of sp³-hybridized carbons (Fsp3) is 0.727. The Bertz CT molecular complexity index is 1110. The number of allylic oxidation sites excluding steroid dienone is 10. The molecule has 2 atom stereocenters. The topological polar surface area (TPSA) is 111 Å². The molecule has 0 aliphatic heterocycles. The highest BCUT2D eigenvalue weighted by atomic mass is 31.2. The summed E-state index contributed by atoms with van der Waals surface area (Å²) in [5.41, 5.74) is 0. The quantitative estimate of drug-likeness (QED) is 0.0201. The van der Waals surface area contributed by atoms with Gasteiger partial charge in [-0.1, -0.05) is 145 Å². The molecule has 0 aromatic rings. The molecule has 0 saturated carbocycles. The van der Waals surface area contributed by atoms with Gasteiger partial charge in [-0.25, -0.2) is 0 Å². The zero-order valence-corrected chi connectivity index (χ0v) is 35.8. The fourth-order valence-electron chi connectivity index (χ4n) is 5.27. The van der Waals surface area contributed by atoms with Crippen LogP contribution in [0.15, 0.2) is 60.8 Å². The molecule has 0 aromatic heterocycles. The summed E-state index contributed by atoms with van der Waals surface area (Å²) in [5.74, 6) is -0.877. The molecule has 0 rings (SSSR count). The summed E-state index contributed by atoms with van der Waals surface area (Å²) in [6.45, 7) is 4.05. The molecular weight excluding hydrogens is 701 g/mol. The van der Waals surface area contributed by atoms with E-state index >= 15 is 0 Å². The number of rotatable bonds is 37. The summed E-state index contributed by atoms with van der Waals surface area (Å²) < 4.78 is 33.8. The minimum atomic E-state index is -4.63. The normalized spacial score (nSPS) is 14.3. The number of esters is 2. The maximum atomic E-state index is 12.6. The van der Waals surface area contributed by atoms with E-state index in [2.05, 4.69) is 74.6 Å². The number of nitrogens with zero attached hydrogens (tertiary/aromatic N) is 1. The third kappa shape index (κ3) is 39.4. The van der Waals surface area contributed by atoms with Gasteiger partial charge in [0, 0.05) is 12.8 Å². The summed E-state index contributed by atoms with van der Waals surface area (Å²) in [6, 6.07) is 0. The molecule has 0 amide bonds. The first-order chi connectivity index (χ1) is 26.0. The van der Waals surface area contributed by atoms with Crippen LogP contribution in [0.2, 0.25) is 0 Å². The van der Waals surface area contributed by atoms with Crippen molar-refractivity contribution < 1.29 is 42.1 Å². The van der Waals surface area contributed by atoms with Gasteiger partial charge in [0.25, 0.3) is 7.82 Å². The molecule has 10 heteroatoms. The van der Waals surface area contributed by atoms with Crippen molar-refractivity contribution in [2.24, 2.45) is 0 Å². The van der Waals surface area contributed by atoms with Crippen LogP contribution in [0.25, 0.3) is 0 Å². The monoisotopic (exact) mass is 780 g/mol. The molecule has 54 heavy (non-hydrogen) atoms. The van der Waals surface area contributed by atoms with E-state index in [4.69, 9.17) is 18.5 Å². The predicted octanol–water partition coefficient (Wildman–Crippen LogP) is 11.1. The summed E-state index contributed by atoms with van der Waals surface area (Å²) in [6.07, 6.45) is 42.5. The highest BCUT2D eigenvalue weighted by molar-refractivity contribution is 7.45. The van der Waals surface area contributed by atoms with E-state index in [1.54, 1.807) is 0 Å². The van der Waals surface area contributed by atoms with E-state index in [1.165, 1.54) is 44.9 Å². The maximum absolute atomic E-state index is 12.6. The van der Waals surface area contributed by atoms with E-state index < -0.39 is 32.5 Å². The average molecular weight is 780 g/mol. The Balaban J connectivity index is 4.42. The minimum absolute atomic E-state index is 0.0380. The number of phosphoric acid groups is 1. The molecular formula is C44H78NO8P. The first-order valence-corrected chi connectivity index (χ1v) is 22.5. The second-order valence-electron chi connectivity index (χ2n) is 15.0. The van der Waals surface area contributed by atoms with Crippen molar-refractivity contribution in [3.63, 3.8) is 0 Å². The molecule has 0 aliphatic rings. The van der Waals surface area contributed by atoms with Crippen LogP contribution in [0.3, 0.4) is 0 Å². The SMILES string of the molecule is CC/C=C\C/C=C\C/C=C\C/C=C\C/C=C\CCCCCC(=O)OC[C@H](COP(=O)([O-])OCC[N+](C)(C)C)OC(=O)CCCCCCCCCCCCC. The van der Waals surface area contributed by atoms with E-state index in [1.807, 2.05) is 21.1 Å². The van der Waals surface area contributed by atoms with Crippen LogP contribution < -0.4 is 4.89 Å². The van der Waals surface area contributed by atoms with E-state index in [0.29, 0.717) is 23.9 Å². The maximum Gasteiger partial charge on any atom is 0.306 e. The third-order valence-corrected chi connectivity index (χ3v) is 9.52. The summed E-state index contributed by atoms with van der Waals surface area (Å²) in [4.78, 5) is 37.4. The number of carbonyl (C=O) groups excluding carboxylic acids is 2. The van der Waals surface area contributed by atoms with Crippen molar-refractivity contribution in [3.05, 3.63) is 60.8 Å². The Morgan fingerprint density at radius 1 is 0.593 bits per heavy atom. The third-order valence-electron chi connectivity index (χ3n) is 8.55. The van der Waals surface area contributed by atoms with E-state index in [-0.39, 0.29) is 26.1 Å². The summed E-state index contributed by atoms with van der Waals surface area (Å²) in [5, 5.41) is 0. The van der Waals surface area contributed by atoms with Crippen LogP contribution in [-0.4, -0.2) is 70.0 Å². The lowest BCUT2D eigenvalue weighted by molar-refractivity contribution is -0.870. The fourth-order valence-corrected chi connectivity index (χ4v) is 6.00.